The Bertz CT molecular complexity index is 1170. The van der Waals surface area contributed by atoms with Gasteiger partial charge in [0.1, 0.15) is 31.4 Å². The van der Waals surface area contributed by atoms with E-state index in [-0.39, 0.29) is 58.6 Å². The summed E-state index contributed by atoms with van der Waals surface area (Å²) in [5, 5.41) is 0.551. The number of thioether (sulfide) groups is 1. The van der Waals surface area contributed by atoms with E-state index in [2.05, 4.69) is 69.2 Å². The van der Waals surface area contributed by atoms with Crippen LogP contribution in [0.15, 0.2) is 0 Å². The predicted molar refractivity (Wildman–Crippen MR) is 230 cm³/mol. The van der Waals surface area contributed by atoms with Gasteiger partial charge in [-0.1, -0.05) is 75.1 Å². The Labute approximate surface area is 352 Å². The van der Waals surface area contributed by atoms with Crippen LogP contribution in [-0.2, 0) is 33.2 Å². The smallest absolute Gasteiger partial charge is 0.112 e. The van der Waals surface area contributed by atoms with Crippen LogP contribution >= 0.6 is 11.8 Å². The molecule has 7 nitrogen and oxygen atoms in total. The van der Waals surface area contributed by atoms with Crippen molar-refractivity contribution in [2.45, 2.75) is 203 Å². The molecule has 8 saturated heterocycles. The lowest BCUT2D eigenvalue weighted by molar-refractivity contribution is -0.115. The standard InChI is InChI=1S/C9H15BO2.2C9H15BO.C8H13BO2.C8H13BOS/c1-3-9-4-5-11-7(6(9)2)8(10)12-9;1-3-9-4-7(10)8(6(9)2)11-5-9;1-3-9-5-4-7(6(9)2)8(10)11-9;1-3-8-4-10-6(5(8)2)7(9)11-8;1-3-8-4-11-6(5(8)2)7(9)10-8/h6-8H,3-5H2,1-2H3;2*6-8H,3-5H2,1-2H3;2*5-7H,3-4H2,1-2H3/t6?,7-,8+,9-;6?,7-,8-,9-;6?,7-,8+,9-;2*5?,6-,7+,8-/m01000/s1. The predicted octanol–water partition coefficient (Wildman–Crippen LogP) is 6.68. The molecule has 2 aliphatic carbocycles. The van der Waals surface area contributed by atoms with E-state index in [9.17, 15) is 0 Å². The van der Waals surface area contributed by atoms with Gasteiger partial charge in [0.15, 0.2) is 0 Å². The number of fused-ring (bicyclic) bond motifs is 10. The summed E-state index contributed by atoms with van der Waals surface area (Å²) in [5.41, 5.74) is 0.662. The summed E-state index contributed by atoms with van der Waals surface area (Å²) in [4.78, 5) is 0. The topological polar surface area (TPSA) is 64.6 Å². The van der Waals surface area contributed by atoms with Gasteiger partial charge < -0.3 is 33.2 Å². The summed E-state index contributed by atoms with van der Waals surface area (Å²) >= 11 is 1.98. The number of hydrogen-bond acceptors (Lipinski definition) is 8. The van der Waals surface area contributed by atoms with Crippen molar-refractivity contribution in [3.63, 3.8) is 0 Å². The third-order valence-electron chi connectivity index (χ3n) is 17.3. The molecule has 10 rings (SSSR count). The third-order valence-corrected chi connectivity index (χ3v) is 19.0. The molecule has 0 aromatic carbocycles. The van der Waals surface area contributed by atoms with Gasteiger partial charge in [0.25, 0.3) is 0 Å². The minimum atomic E-state index is -0.206. The summed E-state index contributed by atoms with van der Waals surface area (Å²) in [5.74, 6) is 5.00. The van der Waals surface area contributed by atoms with Gasteiger partial charge in [-0.3, -0.25) is 0 Å². The van der Waals surface area contributed by atoms with Crippen LogP contribution in [0.2, 0.25) is 5.82 Å². The SMILES string of the molecule is [B][C@@H]1C[C@]2(CC)CO[C@@H]1C2C.[B][C@@H]1O[C@@]2(CC)CCO[C@H]1C2C.[B][C@@H]1O[C@@]2(CC)CC[C@H]1C2C.[B][C@@H]1O[C@@]2(CC)CO[C@H]1C2C.[B][C@@H]1O[C@@]2(CC)CS[C@H]1C2C. The molecule has 0 N–H and O–H groups in total. The highest BCUT2D eigenvalue weighted by molar-refractivity contribution is 8.00. The summed E-state index contributed by atoms with van der Waals surface area (Å²) < 4.78 is 39.7. The summed E-state index contributed by atoms with van der Waals surface area (Å²) in [7, 11) is 29.2. The maximum absolute atomic E-state index is 5.95. The van der Waals surface area contributed by atoms with Gasteiger partial charge in [-0.25, -0.2) is 0 Å². The first kappa shape index (κ1) is 45.9. The van der Waals surface area contributed by atoms with Crippen LogP contribution in [0.1, 0.15) is 127 Å². The molecular weight excluding hydrogens is 715 g/mol. The largest absolute Gasteiger partial charge is 0.381 e. The van der Waals surface area contributed by atoms with Crippen molar-refractivity contribution in [1.82, 2.24) is 0 Å². The van der Waals surface area contributed by atoms with Gasteiger partial charge in [0, 0.05) is 59.9 Å². The molecule has 13 heteroatoms. The second-order valence-corrected chi connectivity index (χ2v) is 20.3. The quantitative estimate of drug-likeness (QED) is 0.287. The first-order valence-corrected chi connectivity index (χ1v) is 23.5. The van der Waals surface area contributed by atoms with Crippen LogP contribution < -0.4 is 0 Å². The minimum absolute atomic E-state index is 0.0105. The zero-order valence-electron chi connectivity index (χ0n) is 36.5. The van der Waals surface area contributed by atoms with Crippen molar-refractivity contribution in [2.24, 2.45) is 40.9 Å². The lowest BCUT2D eigenvalue weighted by Crippen LogP contribution is -2.42. The van der Waals surface area contributed by atoms with Crippen LogP contribution in [0.25, 0.3) is 0 Å². The van der Waals surface area contributed by atoms with Crippen LogP contribution in [-0.4, -0.2) is 135 Å². The lowest BCUT2D eigenvalue weighted by atomic mass is 9.76. The maximum Gasteiger partial charge on any atom is 0.112 e. The number of ether oxygens (including phenoxy) is 7. The zero-order valence-corrected chi connectivity index (χ0v) is 37.3. The zero-order chi connectivity index (χ0) is 41.0. The van der Waals surface area contributed by atoms with Crippen molar-refractivity contribution in [1.29, 1.82) is 0 Å². The number of rotatable bonds is 5. The van der Waals surface area contributed by atoms with Crippen LogP contribution in [0.5, 0.6) is 0 Å². The Morgan fingerprint density at radius 1 is 0.518 bits per heavy atom. The van der Waals surface area contributed by atoms with Crippen molar-refractivity contribution >= 4 is 51.0 Å². The van der Waals surface area contributed by atoms with Gasteiger partial charge in [0.05, 0.1) is 61.8 Å². The first-order valence-electron chi connectivity index (χ1n) is 22.4. The molecule has 0 aromatic heterocycles. The van der Waals surface area contributed by atoms with E-state index < -0.39 is 0 Å². The van der Waals surface area contributed by atoms with E-state index in [1.807, 2.05) is 11.8 Å². The van der Waals surface area contributed by atoms with E-state index >= 15 is 0 Å². The Balaban J connectivity index is 0.000000119. The van der Waals surface area contributed by atoms with Crippen molar-refractivity contribution in [2.75, 3.05) is 25.6 Å². The fourth-order valence-electron chi connectivity index (χ4n) is 12.5. The molecule has 10 aliphatic rings. The lowest BCUT2D eigenvalue weighted by Gasteiger charge is -2.36. The van der Waals surface area contributed by atoms with Gasteiger partial charge in [-0.15, -0.1) is 0 Å². The van der Waals surface area contributed by atoms with Crippen LogP contribution in [0.4, 0.5) is 0 Å². The second kappa shape index (κ2) is 17.6. The Morgan fingerprint density at radius 3 is 1.39 bits per heavy atom. The van der Waals surface area contributed by atoms with E-state index in [1.165, 1.54) is 25.7 Å². The van der Waals surface area contributed by atoms with Crippen molar-refractivity contribution in [3.05, 3.63) is 0 Å². The molecule has 306 valence electrons. The highest BCUT2D eigenvalue weighted by Gasteiger charge is 2.58. The van der Waals surface area contributed by atoms with E-state index in [1.54, 1.807) is 0 Å². The molecule has 5 unspecified atom stereocenters. The fraction of sp³-hybridized carbons (Fsp3) is 1.00. The average molecular weight is 786 g/mol. The van der Waals surface area contributed by atoms with E-state index in [0.29, 0.717) is 58.1 Å². The molecule has 0 spiro atoms. The fourth-order valence-corrected chi connectivity index (χ4v) is 14.3. The number of hydrogen-bond donors (Lipinski definition) is 0. The van der Waals surface area contributed by atoms with E-state index in [0.717, 1.165) is 57.7 Å². The Kier molecular flexibility index (Phi) is 14.5. The molecular formula is C43H71B5O7S. The molecule has 10 bridgehead atoms. The van der Waals surface area contributed by atoms with Gasteiger partial charge in [-0.2, -0.15) is 11.8 Å². The second-order valence-electron chi connectivity index (χ2n) is 19.1. The highest BCUT2D eigenvalue weighted by atomic mass is 32.2. The van der Waals surface area contributed by atoms with E-state index in [4.69, 9.17) is 72.4 Å². The monoisotopic (exact) mass is 787 g/mol. The molecule has 8 aliphatic heterocycles. The summed E-state index contributed by atoms with van der Waals surface area (Å²) in [6.07, 6.45) is 10.8. The minimum Gasteiger partial charge on any atom is -0.381 e. The van der Waals surface area contributed by atoms with Crippen LogP contribution in [0, 0.1) is 40.9 Å². The Morgan fingerprint density at radius 2 is 1.05 bits per heavy atom. The normalized spacial score (nSPS) is 54.7. The summed E-state index contributed by atoms with van der Waals surface area (Å²) in [6.45, 7) is 24.6. The van der Waals surface area contributed by atoms with Gasteiger partial charge >= 0.3 is 0 Å². The first-order chi connectivity index (χ1) is 26.5. The molecule has 8 heterocycles. The average Bonchev–Trinajstić information content (AvgIpc) is 4.07. The molecule has 10 radical (unpaired) electrons. The van der Waals surface area contributed by atoms with Crippen molar-refractivity contribution < 1.29 is 33.2 Å². The molecule has 0 aromatic rings. The summed E-state index contributed by atoms with van der Waals surface area (Å²) in [6, 6.07) is -0.386. The van der Waals surface area contributed by atoms with Gasteiger partial charge in [-0.05, 0) is 80.5 Å². The molecule has 20 atom stereocenters. The molecule has 0 amide bonds. The third kappa shape index (κ3) is 7.76. The van der Waals surface area contributed by atoms with Crippen molar-refractivity contribution in [3.8, 4) is 0 Å². The maximum atomic E-state index is 5.95. The highest BCUT2D eigenvalue weighted by Crippen LogP contribution is 2.57. The molecule has 2 saturated carbocycles. The molecule has 56 heavy (non-hydrogen) atoms. The van der Waals surface area contributed by atoms with Crippen LogP contribution in [0.3, 0.4) is 0 Å². The Hall–Kier alpha value is 0.395. The van der Waals surface area contributed by atoms with Gasteiger partial charge in [0.2, 0.25) is 0 Å². The molecule has 10 fully saturated rings.